The van der Waals surface area contributed by atoms with E-state index in [1.165, 1.54) is 0 Å². The van der Waals surface area contributed by atoms with Crippen molar-refractivity contribution in [3.05, 3.63) is 59.2 Å². The van der Waals surface area contributed by atoms with Gasteiger partial charge < -0.3 is 10.1 Å². The van der Waals surface area contributed by atoms with Crippen molar-refractivity contribution >= 4 is 11.6 Å². The summed E-state index contributed by atoms with van der Waals surface area (Å²) in [6.07, 6.45) is -0.570. The van der Waals surface area contributed by atoms with Crippen LogP contribution in [0.15, 0.2) is 42.5 Å². The first-order chi connectivity index (χ1) is 11.8. The van der Waals surface area contributed by atoms with Gasteiger partial charge in [0.05, 0.1) is 0 Å². The number of ether oxygens (including phenoxy) is 1. The Morgan fingerprint density at radius 2 is 1.56 bits per heavy atom. The zero-order valence-corrected chi connectivity index (χ0v) is 16.1. The second-order valence-corrected chi connectivity index (χ2v) is 7.19. The number of nitrogens with one attached hydrogen (secondary N) is 1. The highest BCUT2D eigenvalue weighted by Crippen LogP contribution is 2.29. The Morgan fingerprint density at radius 3 is 2.20 bits per heavy atom. The Labute approximate surface area is 151 Å². The van der Waals surface area contributed by atoms with Gasteiger partial charge in [-0.05, 0) is 54.5 Å². The maximum Gasteiger partial charge on any atom is 0.265 e. The van der Waals surface area contributed by atoms with Crippen LogP contribution in [0.25, 0.3) is 0 Å². The van der Waals surface area contributed by atoms with Crippen LogP contribution in [0, 0.1) is 6.92 Å². The van der Waals surface area contributed by atoms with Crippen LogP contribution in [0.5, 0.6) is 5.75 Å². The molecule has 1 N–H and O–H groups in total. The summed E-state index contributed by atoms with van der Waals surface area (Å²) in [5.41, 5.74) is 4.22. The standard InChI is InChI=1S/C22H29NO2/c1-14(2)18-9-7-8-10-20(18)23-22(24)17(6)25-21-13-16(5)11-12-19(21)15(3)4/h7-15,17H,1-6H3,(H,23,24). The smallest absolute Gasteiger partial charge is 0.265 e. The Bertz CT molecular complexity index is 735. The van der Waals surface area contributed by atoms with Gasteiger partial charge in [-0.3, -0.25) is 4.79 Å². The second-order valence-electron chi connectivity index (χ2n) is 7.19. The summed E-state index contributed by atoms with van der Waals surface area (Å²) in [5.74, 6) is 1.34. The van der Waals surface area contributed by atoms with Crippen molar-refractivity contribution in [1.82, 2.24) is 0 Å². The fourth-order valence-electron chi connectivity index (χ4n) is 2.81. The lowest BCUT2D eigenvalue weighted by molar-refractivity contribution is -0.122. The molecule has 25 heavy (non-hydrogen) atoms. The molecule has 0 spiro atoms. The SMILES string of the molecule is Cc1ccc(C(C)C)c(OC(C)C(=O)Nc2ccccc2C(C)C)c1. The molecule has 0 bridgehead atoms. The van der Waals surface area contributed by atoms with Crippen LogP contribution in [0.3, 0.4) is 0 Å². The van der Waals surface area contributed by atoms with Gasteiger partial charge in [0.1, 0.15) is 5.75 Å². The van der Waals surface area contributed by atoms with Crippen molar-refractivity contribution in [2.75, 3.05) is 5.32 Å². The molecule has 0 saturated carbocycles. The number of amides is 1. The van der Waals surface area contributed by atoms with Crippen molar-refractivity contribution in [1.29, 1.82) is 0 Å². The van der Waals surface area contributed by atoms with Gasteiger partial charge in [-0.25, -0.2) is 0 Å². The largest absolute Gasteiger partial charge is 0.481 e. The number of carbonyl (C=O) groups is 1. The summed E-state index contributed by atoms with van der Waals surface area (Å²) in [7, 11) is 0. The molecule has 0 aliphatic rings. The third-order valence-electron chi connectivity index (χ3n) is 4.30. The summed E-state index contributed by atoms with van der Waals surface area (Å²) in [6.45, 7) is 12.3. The minimum atomic E-state index is -0.570. The van der Waals surface area contributed by atoms with Crippen LogP contribution in [0.4, 0.5) is 5.69 Å². The second kappa shape index (κ2) is 8.19. The third kappa shape index (κ3) is 4.85. The van der Waals surface area contributed by atoms with Crippen LogP contribution >= 0.6 is 0 Å². The van der Waals surface area contributed by atoms with E-state index in [1.807, 2.05) is 37.3 Å². The molecule has 0 radical (unpaired) electrons. The Hall–Kier alpha value is -2.29. The van der Waals surface area contributed by atoms with Gasteiger partial charge in [0, 0.05) is 5.69 Å². The van der Waals surface area contributed by atoms with Crippen molar-refractivity contribution in [2.45, 2.75) is 59.5 Å². The maximum atomic E-state index is 12.6. The average molecular weight is 339 g/mol. The first kappa shape index (κ1) is 19.0. The van der Waals surface area contributed by atoms with Gasteiger partial charge in [-0.1, -0.05) is 58.0 Å². The molecule has 1 amide bonds. The lowest BCUT2D eigenvalue weighted by Crippen LogP contribution is -2.31. The van der Waals surface area contributed by atoms with E-state index in [9.17, 15) is 4.79 Å². The number of hydrogen-bond donors (Lipinski definition) is 1. The first-order valence-corrected chi connectivity index (χ1v) is 8.96. The van der Waals surface area contributed by atoms with E-state index in [4.69, 9.17) is 4.74 Å². The summed E-state index contributed by atoms with van der Waals surface area (Å²) >= 11 is 0. The van der Waals surface area contributed by atoms with Crippen molar-refractivity contribution in [3.63, 3.8) is 0 Å². The Morgan fingerprint density at radius 1 is 0.920 bits per heavy atom. The number of rotatable bonds is 6. The minimum Gasteiger partial charge on any atom is -0.481 e. The summed E-state index contributed by atoms with van der Waals surface area (Å²) < 4.78 is 6.01. The Balaban J connectivity index is 2.16. The first-order valence-electron chi connectivity index (χ1n) is 8.96. The molecule has 0 saturated heterocycles. The quantitative estimate of drug-likeness (QED) is 0.739. The molecule has 0 aliphatic heterocycles. The average Bonchev–Trinajstić information content (AvgIpc) is 2.54. The number of aryl methyl sites for hydroxylation is 1. The van der Waals surface area contributed by atoms with E-state index >= 15 is 0 Å². The number of anilines is 1. The number of para-hydroxylation sites is 1. The van der Waals surface area contributed by atoms with E-state index in [1.54, 1.807) is 6.92 Å². The van der Waals surface area contributed by atoms with Gasteiger partial charge in [0.2, 0.25) is 0 Å². The highest BCUT2D eigenvalue weighted by atomic mass is 16.5. The number of benzene rings is 2. The lowest BCUT2D eigenvalue weighted by Gasteiger charge is -2.20. The van der Waals surface area contributed by atoms with Crippen molar-refractivity contribution < 1.29 is 9.53 Å². The molecule has 0 fully saturated rings. The predicted octanol–water partition coefficient (Wildman–Crippen LogP) is 5.65. The molecule has 0 aliphatic carbocycles. The van der Waals surface area contributed by atoms with Crippen molar-refractivity contribution in [3.8, 4) is 5.75 Å². The van der Waals surface area contributed by atoms with Gasteiger partial charge >= 0.3 is 0 Å². The normalized spacial score (nSPS) is 12.3. The van der Waals surface area contributed by atoms with Crippen LogP contribution in [-0.4, -0.2) is 12.0 Å². The molecule has 2 aromatic rings. The highest BCUT2D eigenvalue weighted by Gasteiger charge is 2.19. The number of hydrogen-bond acceptors (Lipinski definition) is 2. The van der Waals surface area contributed by atoms with E-state index in [2.05, 4.69) is 45.1 Å². The lowest BCUT2D eigenvalue weighted by atomic mass is 10.0. The van der Waals surface area contributed by atoms with Gasteiger partial charge in [0.15, 0.2) is 6.10 Å². The minimum absolute atomic E-state index is 0.135. The molecule has 3 nitrogen and oxygen atoms in total. The monoisotopic (exact) mass is 339 g/mol. The van der Waals surface area contributed by atoms with E-state index in [0.29, 0.717) is 11.8 Å². The van der Waals surface area contributed by atoms with E-state index in [0.717, 1.165) is 28.1 Å². The topological polar surface area (TPSA) is 38.3 Å². The summed E-state index contributed by atoms with van der Waals surface area (Å²) in [5, 5.41) is 3.01. The predicted molar refractivity (Wildman–Crippen MR) is 105 cm³/mol. The zero-order chi connectivity index (χ0) is 18.6. The van der Waals surface area contributed by atoms with Crippen LogP contribution < -0.4 is 10.1 Å². The molecular formula is C22H29NO2. The molecule has 0 aromatic heterocycles. The molecule has 2 aromatic carbocycles. The summed E-state index contributed by atoms with van der Waals surface area (Å²) in [6, 6.07) is 14.1. The van der Waals surface area contributed by atoms with Gasteiger partial charge in [0.25, 0.3) is 5.91 Å². The molecular weight excluding hydrogens is 310 g/mol. The van der Waals surface area contributed by atoms with Crippen LogP contribution in [-0.2, 0) is 4.79 Å². The van der Waals surface area contributed by atoms with Gasteiger partial charge in [-0.2, -0.15) is 0 Å². The fourth-order valence-corrected chi connectivity index (χ4v) is 2.81. The third-order valence-corrected chi connectivity index (χ3v) is 4.30. The summed E-state index contributed by atoms with van der Waals surface area (Å²) in [4.78, 5) is 12.6. The molecule has 1 atom stereocenters. The highest BCUT2D eigenvalue weighted by molar-refractivity contribution is 5.94. The Kier molecular flexibility index (Phi) is 6.24. The zero-order valence-electron chi connectivity index (χ0n) is 16.1. The van der Waals surface area contributed by atoms with Crippen LogP contribution in [0.1, 0.15) is 63.1 Å². The molecule has 3 heteroatoms. The van der Waals surface area contributed by atoms with E-state index < -0.39 is 6.10 Å². The molecule has 2 rings (SSSR count). The maximum absolute atomic E-state index is 12.6. The molecule has 1 unspecified atom stereocenters. The fraction of sp³-hybridized carbons (Fsp3) is 0.409. The van der Waals surface area contributed by atoms with Gasteiger partial charge in [-0.15, -0.1) is 0 Å². The van der Waals surface area contributed by atoms with Crippen LogP contribution in [0.2, 0.25) is 0 Å². The van der Waals surface area contributed by atoms with E-state index in [-0.39, 0.29) is 5.91 Å². The molecule has 0 heterocycles. The number of carbonyl (C=O) groups excluding carboxylic acids is 1. The van der Waals surface area contributed by atoms with Crippen molar-refractivity contribution in [2.24, 2.45) is 0 Å². The molecule has 134 valence electrons.